The lowest BCUT2D eigenvalue weighted by Gasteiger charge is -2.14. The second-order valence-corrected chi connectivity index (χ2v) is 6.00. The van der Waals surface area contributed by atoms with Gasteiger partial charge < -0.3 is 5.73 Å². The molecule has 1 aliphatic carbocycles. The van der Waals surface area contributed by atoms with Crippen LogP contribution in [0.1, 0.15) is 63.4 Å². The second-order valence-electron chi connectivity index (χ2n) is 5.56. The van der Waals surface area contributed by atoms with Gasteiger partial charge in [0.1, 0.15) is 10.7 Å². The highest BCUT2D eigenvalue weighted by atomic mass is 32.1. The van der Waals surface area contributed by atoms with Crippen LogP contribution < -0.4 is 5.73 Å². The maximum Gasteiger partial charge on any atom is 0.143 e. The molecule has 0 aliphatic heterocycles. The van der Waals surface area contributed by atoms with Crippen molar-refractivity contribution in [1.29, 1.82) is 0 Å². The Bertz CT molecular complexity index is 419. The van der Waals surface area contributed by atoms with E-state index in [1.807, 2.05) is 0 Å². The minimum Gasteiger partial charge on any atom is -0.388 e. The molecular weight excluding hydrogens is 244 g/mol. The van der Waals surface area contributed by atoms with E-state index >= 15 is 0 Å². The van der Waals surface area contributed by atoms with E-state index in [9.17, 15) is 0 Å². The fourth-order valence-corrected chi connectivity index (χ4v) is 2.76. The van der Waals surface area contributed by atoms with Crippen LogP contribution in [-0.4, -0.2) is 20.0 Å². The van der Waals surface area contributed by atoms with Gasteiger partial charge in [0, 0.05) is 0 Å². The molecule has 0 radical (unpaired) electrons. The monoisotopic (exact) mass is 266 g/mol. The van der Waals surface area contributed by atoms with Gasteiger partial charge >= 0.3 is 0 Å². The Morgan fingerprint density at radius 3 is 2.67 bits per heavy atom. The van der Waals surface area contributed by atoms with Crippen LogP contribution in [0, 0.1) is 5.92 Å². The zero-order valence-corrected chi connectivity index (χ0v) is 12.0. The van der Waals surface area contributed by atoms with E-state index in [0.29, 0.717) is 16.9 Å². The van der Waals surface area contributed by atoms with E-state index in [0.717, 1.165) is 24.2 Å². The molecule has 5 heteroatoms. The van der Waals surface area contributed by atoms with Gasteiger partial charge in [-0.1, -0.05) is 44.1 Å². The summed E-state index contributed by atoms with van der Waals surface area (Å²) in [5.41, 5.74) is 7.62. The molecule has 0 aromatic carbocycles. The predicted molar refractivity (Wildman–Crippen MR) is 76.6 cm³/mol. The third-order valence-electron chi connectivity index (χ3n) is 3.65. The Morgan fingerprint density at radius 1 is 1.44 bits per heavy atom. The van der Waals surface area contributed by atoms with Crippen LogP contribution in [0.25, 0.3) is 0 Å². The van der Waals surface area contributed by atoms with E-state index in [-0.39, 0.29) is 0 Å². The summed E-state index contributed by atoms with van der Waals surface area (Å²) in [5, 5.41) is 8.48. The Labute approximate surface area is 114 Å². The number of hydrogen-bond acceptors (Lipinski definition) is 3. The summed E-state index contributed by atoms with van der Waals surface area (Å²) in [6.45, 7) is 4.45. The van der Waals surface area contributed by atoms with Crippen LogP contribution in [0.3, 0.4) is 0 Å². The normalized spacial score (nSPS) is 16.6. The summed E-state index contributed by atoms with van der Waals surface area (Å²) in [5.74, 6) is 0.663. The molecular formula is C13H22N4S. The van der Waals surface area contributed by atoms with Crippen LogP contribution >= 0.6 is 12.2 Å². The van der Waals surface area contributed by atoms with Crippen molar-refractivity contribution >= 4 is 17.2 Å². The first kappa shape index (κ1) is 13.5. The van der Waals surface area contributed by atoms with Crippen molar-refractivity contribution in [1.82, 2.24) is 15.0 Å². The van der Waals surface area contributed by atoms with Gasteiger partial charge in [-0.05, 0) is 31.6 Å². The smallest absolute Gasteiger partial charge is 0.143 e. The van der Waals surface area contributed by atoms with Crippen molar-refractivity contribution in [3.05, 3.63) is 11.4 Å². The van der Waals surface area contributed by atoms with E-state index < -0.39 is 0 Å². The Balaban J connectivity index is 2.24. The zero-order chi connectivity index (χ0) is 13.1. The van der Waals surface area contributed by atoms with E-state index in [2.05, 4.69) is 28.8 Å². The first-order chi connectivity index (χ1) is 8.59. The van der Waals surface area contributed by atoms with Crippen LogP contribution in [-0.2, 0) is 6.42 Å². The fraction of sp³-hybridized carbons (Fsp3) is 0.769. The standard InChI is InChI=1S/C13H22N4S/c1-9(2)7-8-11-12(13(14)18)15-16-17(11)10-5-3-4-6-10/h9-10H,3-8H2,1-2H3,(H2,14,18). The van der Waals surface area contributed by atoms with E-state index in [1.165, 1.54) is 25.7 Å². The van der Waals surface area contributed by atoms with E-state index in [1.54, 1.807) is 0 Å². The largest absolute Gasteiger partial charge is 0.388 e. The van der Waals surface area contributed by atoms with Crippen molar-refractivity contribution in [3.63, 3.8) is 0 Å². The van der Waals surface area contributed by atoms with Gasteiger partial charge in [-0.15, -0.1) is 5.10 Å². The number of nitrogens with zero attached hydrogens (tertiary/aromatic N) is 3. The van der Waals surface area contributed by atoms with Gasteiger partial charge in [0.05, 0.1) is 11.7 Å². The molecule has 2 N–H and O–H groups in total. The highest BCUT2D eigenvalue weighted by Crippen LogP contribution is 2.30. The number of aromatic nitrogens is 3. The maximum absolute atomic E-state index is 5.75. The number of hydrogen-bond donors (Lipinski definition) is 1. The van der Waals surface area contributed by atoms with Gasteiger partial charge in [0.15, 0.2) is 0 Å². The highest BCUT2D eigenvalue weighted by molar-refractivity contribution is 7.80. The fourth-order valence-electron chi connectivity index (χ4n) is 2.61. The lowest BCUT2D eigenvalue weighted by molar-refractivity contribution is 0.430. The number of nitrogens with two attached hydrogens (primary N) is 1. The second kappa shape index (κ2) is 5.78. The van der Waals surface area contributed by atoms with Gasteiger partial charge in [-0.25, -0.2) is 4.68 Å². The third kappa shape index (κ3) is 2.88. The Kier molecular flexibility index (Phi) is 4.32. The quantitative estimate of drug-likeness (QED) is 0.832. The molecule has 100 valence electrons. The number of thiocarbonyl (C=S) groups is 1. The van der Waals surface area contributed by atoms with E-state index in [4.69, 9.17) is 18.0 Å². The molecule has 1 aromatic heterocycles. The first-order valence-electron chi connectivity index (χ1n) is 6.83. The van der Waals surface area contributed by atoms with Crippen molar-refractivity contribution in [2.45, 2.75) is 58.4 Å². The van der Waals surface area contributed by atoms with Crippen LogP contribution in [0.15, 0.2) is 0 Å². The average Bonchev–Trinajstić information content (AvgIpc) is 2.94. The molecule has 0 saturated heterocycles. The number of rotatable bonds is 5. The minimum absolute atomic E-state index is 0.373. The molecule has 2 rings (SSSR count). The average molecular weight is 266 g/mol. The summed E-state index contributed by atoms with van der Waals surface area (Å²) >= 11 is 5.08. The van der Waals surface area contributed by atoms with Crippen molar-refractivity contribution in [2.24, 2.45) is 11.7 Å². The lowest BCUT2D eigenvalue weighted by atomic mass is 10.0. The third-order valence-corrected chi connectivity index (χ3v) is 3.85. The van der Waals surface area contributed by atoms with Gasteiger partial charge in [-0.2, -0.15) is 0 Å². The molecule has 0 unspecified atom stereocenters. The molecule has 1 fully saturated rings. The predicted octanol–water partition coefficient (Wildman–Crippen LogP) is 2.62. The molecule has 0 spiro atoms. The van der Waals surface area contributed by atoms with Crippen molar-refractivity contribution < 1.29 is 0 Å². The molecule has 4 nitrogen and oxygen atoms in total. The molecule has 18 heavy (non-hydrogen) atoms. The van der Waals surface area contributed by atoms with Crippen molar-refractivity contribution in [2.75, 3.05) is 0 Å². The van der Waals surface area contributed by atoms with Crippen molar-refractivity contribution in [3.8, 4) is 0 Å². The van der Waals surface area contributed by atoms with Crippen LogP contribution in [0.4, 0.5) is 0 Å². The molecule has 1 saturated carbocycles. The molecule has 1 aliphatic rings. The highest BCUT2D eigenvalue weighted by Gasteiger charge is 2.23. The summed E-state index contributed by atoms with van der Waals surface area (Å²) in [6.07, 6.45) is 7.07. The SMILES string of the molecule is CC(C)CCc1c(C(N)=S)nnn1C1CCCC1. The summed E-state index contributed by atoms with van der Waals surface area (Å²) in [4.78, 5) is 0.373. The Morgan fingerprint density at radius 2 is 2.11 bits per heavy atom. The first-order valence-corrected chi connectivity index (χ1v) is 7.24. The zero-order valence-electron chi connectivity index (χ0n) is 11.2. The summed E-state index contributed by atoms with van der Waals surface area (Å²) < 4.78 is 2.09. The molecule has 1 aromatic rings. The molecule has 0 bridgehead atoms. The summed E-state index contributed by atoms with van der Waals surface area (Å²) in [7, 11) is 0. The minimum atomic E-state index is 0.373. The molecule has 0 amide bonds. The summed E-state index contributed by atoms with van der Waals surface area (Å²) in [6, 6.07) is 0.503. The molecule has 0 atom stereocenters. The lowest BCUT2D eigenvalue weighted by Crippen LogP contribution is -2.16. The Hall–Kier alpha value is -0.970. The maximum atomic E-state index is 5.75. The topological polar surface area (TPSA) is 56.7 Å². The molecule has 1 heterocycles. The van der Waals surface area contributed by atoms with Gasteiger partial charge in [0.2, 0.25) is 0 Å². The van der Waals surface area contributed by atoms with Gasteiger partial charge in [0.25, 0.3) is 0 Å². The van der Waals surface area contributed by atoms with Crippen LogP contribution in [0.5, 0.6) is 0 Å². The van der Waals surface area contributed by atoms with Gasteiger partial charge in [-0.3, -0.25) is 0 Å². The van der Waals surface area contributed by atoms with Crippen LogP contribution in [0.2, 0.25) is 0 Å².